The number of nitrogens with one attached hydrogen (secondary N) is 1. The maximum Gasteiger partial charge on any atom is 0.296 e. The average molecular weight is 386 g/mol. The van der Waals surface area contributed by atoms with Gasteiger partial charge in [-0.05, 0) is 24.1 Å². The molecule has 0 atom stereocenters. The average Bonchev–Trinajstić information content (AvgIpc) is 3.04. The highest BCUT2D eigenvalue weighted by Gasteiger charge is 2.13. The van der Waals surface area contributed by atoms with E-state index in [1.54, 1.807) is 11.6 Å². The second-order valence-electron chi connectivity index (χ2n) is 6.19. The number of aromatic nitrogens is 3. The summed E-state index contributed by atoms with van der Waals surface area (Å²) in [6.45, 7) is 2.75. The maximum atomic E-state index is 12.3. The van der Waals surface area contributed by atoms with Crippen molar-refractivity contribution in [2.24, 2.45) is 0 Å². The molecule has 142 valence electrons. The van der Waals surface area contributed by atoms with Gasteiger partial charge in [0.25, 0.3) is 5.56 Å². The van der Waals surface area contributed by atoms with Crippen LogP contribution in [0, 0.1) is 0 Å². The first-order valence-electron chi connectivity index (χ1n) is 8.86. The van der Waals surface area contributed by atoms with Crippen molar-refractivity contribution in [3.8, 4) is 5.75 Å². The third kappa shape index (κ3) is 4.71. The van der Waals surface area contributed by atoms with Crippen LogP contribution in [0.3, 0.4) is 0 Å². The zero-order valence-electron chi connectivity index (χ0n) is 15.4. The number of benzene rings is 1. The van der Waals surface area contributed by atoms with E-state index in [-0.39, 0.29) is 17.9 Å². The number of methoxy groups -OCH3 is 1. The number of fused-ring (bicyclic) bond motifs is 1. The monoisotopic (exact) mass is 386 g/mol. The molecule has 0 spiro atoms. The van der Waals surface area contributed by atoms with Gasteiger partial charge in [0.15, 0.2) is 0 Å². The van der Waals surface area contributed by atoms with Crippen LogP contribution in [-0.4, -0.2) is 34.2 Å². The van der Waals surface area contributed by atoms with Gasteiger partial charge in [-0.2, -0.15) is 10.1 Å². The molecule has 1 amide bonds. The predicted molar refractivity (Wildman–Crippen MR) is 105 cm³/mol. The summed E-state index contributed by atoms with van der Waals surface area (Å²) in [6, 6.07) is 7.47. The molecule has 0 aliphatic carbocycles. The Hall–Kier alpha value is -2.74. The smallest absolute Gasteiger partial charge is 0.296 e. The van der Waals surface area contributed by atoms with E-state index in [0.717, 1.165) is 29.8 Å². The normalized spacial score (nSPS) is 10.9. The number of rotatable bonds is 8. The molecule has 0 fully saturated rings. The summed E-state index contributed by atoms with van der Waals surface area (Å²) in [6.07, 6.45) is 2.57. The lowest BCUT2D eigenvalue weighted by Gasteiger charge is -2.06. The summed E-state index contributed by atoms with van der Waals surface area (Å²) in [4.78, 5) is 29.0. The summed E-state index contributed by atoms with van der Waals surface area (Å²) >= 11 is 1.31. The molecular formula is C19H22N4O3S. The molecule has 0 radical (unpaired) electrons. The van der Waals surface area contributed by atoms with E-state index in [2.05, 4.69) is 22.3 Å². The molecule has 0 saturated carbocycles. The first-order valence-corrected chi connectivity index (χ1v) is 9.74. The summed E-state index contributed by atoms with van der Waals surface area (Å²) in [5.41, 5.74) is 1.68. The molecule has 0 bridgehead atoms. The van der Waals surface area contributed by atoms with Crippen LogP contribution in [0.5, 0.6) is 5.75 Å². The van der Waals surface area contributed by atoms with Crippen molar-refractivity contribution in [1.82, 2.24) is 19.9 Å². The van der Waals surface area contributed by atoms with Crippen LogP contribution >= 0.6 is 11.3 Å². The summed E-state index contributed by atoms with van der Waals surface area (Å²) in [7, 11) is 1.61. The van der Waals surface area contributed by atoms with E-state index in [9.17, 15) is 9.59 Å². The van der Waals surface area contributed by atoms with Crippen LogP contribution in [0.1, 0.15) is 36.7 Å². The van der Waals surface area contributed by atoms with E-state index in [1.165, 1.54) is 11.3 Å². The molecule has 0 aliphatic rings. The fraction of sp³-hybridized carbons (Fsp3) is 0.368. The van der Waals surface area contributed by atoms with Crippen molar-refractivity contribution in [1.29, 1.82) is 0 Å². The molecule has 1 aromatic carbocycles. The van der Waals surface area contributed by atoms with Gasteiger partial charge in [0.2, 0.25) is 10.9 Å². The molecule has 27 heavy (non-hydrogen) atoms. The van der Waals surface area contributed by atoms with Crippen LogP contribution in [0.15, 0.2) is 34.4 Å². The number of ether oxygens (including phenoxy) is 1. The van der Waals surface area contributed by atoms with E-state index in [4.69, 9.17) is 4.74 Å². The highest BCUT2D eigenvalue weighted by Crippen LogP contribution is 2.15. The fourth-order valence-electron chi connectivity index (χ4n) is 2.63. The Morgan fingerprint density at radius 1 is 1.30 bits per heavy atom. The third-order valence-electron chi connectivity index (χ3n) is 4.14. The van der Waals surface area contributed by atoms with Gasteiger partial charge in [-0.1, -0.05) is 25.5 Å². The lowest BCUT2D eigenvalue weighted by atomic mass is 10.1. The summed E-state index contributed by atoms with van der Waals surface area (Å²) < 4.78 is 6.75. The zero-order chi connectivity index (χ0) is 19.2. The van der Waals surface area contributed by atoms with Gasteiger partial charge in [-0.15, -0.1) is 11.3 Å². The minimum Gasteiger partial charge on any atom is -0.497 e. The minimum absolute atomic E-state index is 0.0552. The van der Waals surface area contributed by atoms with Crippen LogP contribution in [0.25, 0.3) is 4.96 Å². The predicted octanol–water partition coefficient (Wildman–Crippen LogP) is 2.21. The van der Waals surface area contributed by atoms with Crippen molar-refractivity contribution in [2.45, 2.75) is 32.6 Å². The fourth-order valence-corrected chi connectivity index (χ4v) is 3.45. The van der Waals surface area contributed by atoms with Crippen molar-refractivity contribution in [3.63, 3.8) is 0 Å². The molecule has 0 unspecified atom stereocenters. The Morgan fingerprint density at radius 3 is 2.78 bits per heavy atom. The maximum absolute atomic E-state index is 12.3. The Labute approximate surface area is 161 Å². The van der Waals surface area contributed by atoms with Gasteiger partial charge in [-0.25, -0.2) is 4.52 Å². The second kappa shape index (κ2) is 8.77. The number of thiazole rings is 1. The molecule has 2 heterocycles. The molecular weight excluding hydrogens is 364 g/mol. The Bertz CT molecular complexity index is 979. The first kappa shape index (κ1) is 19.0. The Kier molecular flexibility index (Phi) is 6.18. The van der Waals surface area contributed by atoms with Gasteiger partial charge in [0.05, 0.1) is 19.2 Å². The zero-order valence-corrected chi connectivity index (χ0v) is 16.2. The standard InChI is InChI=1S/C19H22N4O3S/c1-3-4-9-20-17(24)11-14-12-27-19-21-18(25)16(22-23(14)19)10-13-5-7-15(26-2)8-6-13/h5-8,12H,3-4,9-11H2,1-2H3,(H,20,24). The summed E-state index contributed by atoms with van der Waals surface area (Å²) in [5, 5.41) is 9.18. The SMILES string of the molecule is CCCCNC(=O)Cc1csc2nc(=O)c(Cc3ccc(OC)cc3)nn12. The number of nitrogens with zero attached hydrogens (tertiary/aromatic N) is 3. The van der Waals surface area contributed by atoms with E-state index in [0.29, 0.717) is 23.6 Å². The van der Waals surface area contributed by atoms with E-state index < -0.39 is 0 Å². The van der Waals surface area contributed by atoms with Gasteiger partial charge in [0.1, 0.15) is 11.4 Å². The molecule has 7 nitrogen and oxygen atoms in total. The number of carbonyl (C=O) groups excluding carboxylic acids is 1. The Morgan fingerprint density at radius 2 is 2.07 bits per heavy atom. The molecule has 0 saturated heterocycles. The van der Waals surface area contributed by atoms with Gasteiger partial charge >= 0.3 is 0 Å². The minimum atomic E-state index is -0.341. The van der Waals surface area contributed by atoms with Gasteiger partial charge in [-0.3, -0.25) is 9.59 Å². The lowest BCUT2D eigenvalue weighted by molar-refractivity contribution is -0.120. The van der Waals surface area contributed by atoms with E-state index >= 15 is 0 Å². The third-order valence-corrected chi connectivity index (χ3v) is 5.01. The van der Waals surface area contributed by atoms with Crippen LogP contribution in [0.4, 0.5) is 0 Å². The number of hydrogen-bond donors (Lipinski definition) is 1. The van der Waals surface area contributed by atoms with E-state index in [1.807, 2.05) is 29.6 Å². The highest BCUT2D eigenvalue weighted by molar-refractivity contribution is 7.15. The molecule has 0 aliphatic heterocycles. The largest absolute Gasteiger partial charge is 0.497 e. The molecule has 1 N–H and O–H groups in total. The van der Waals surface area contributed by atoms with Crippen LogP contribution in [0.2, 0.25) is 0 Å². The number of hydrogen-bond acceptors (Lipinski definition) is 6. The first-order chi connectivity index (χ1) is 13.1. The quantitative estimate of drug-likeness (QED) is 0.600. The lowest BCUT2D eigenvalue weighted by Crippen LogP contribution is -2.27. The van der Waals surface area contributed by atoms with Gasteiger partial charge in [0, 0.05) is 18.3 Å². The molecule has 3 rings (SSSR count). The molecule has 3 aromatic rings. The van der Waals surface area contributed by atoms with Crippen molar-refractivity contribution in [2.75, 3.05) is 13.7 Å². The van der Waals surface area contributed by atoms with Crippen LogP contribution < -0.4 is 15.6 Å². The number of carbonyl (C=O) groups is 1. The van der Waals surface area contributed by atoms with Crippen molar-refractivity contribution >= 4 is 22.2 Å². The van der Waals surface area contributed by atoms with Gasteiger partial charge < -0.3 is 10.1 Å². The molecule has 2 aromatic heterocycles. The topological polar surface area (TPSA) is 85.6 Å². The van der Waals surface area contributed by atoms with Crippen molar-refractivity contribution in [3.05, 3.63) is 57.0 Å². The second-order valence-corrected chi connectivity index (χ2v) is 7.03. The number of unbranched alkanes of at least 4 members (excludes halogenated alkanes) is 1. The molecule has 8 heteroatoms. The van der Waals surface area contributed by atoms with Crippen LogP contribution in [-0.2, 0) is 17.6 Å². The number of amides is 1. The Balaban J connectivity index is 1.81. The van der Waals surface area contributed by atoms with Crippen molar-refractivity contribution < 1.29 is 9.53 Å². The summed E-state index contributed by atoms with van der Waals surface area (Å²) in [5.74, 6) is 0.701. The highest BCUT2D eigenvalue weighted by atomic mass is 32.1.